The Balaban J connectivity index is 1.66. The summed E-state index contributed by atoms with van der Waals surface area (Å²) in [7, 11) is 0. The van der Waals surface area contributed by atoms with Gasteiger partial charge in [0.15, 0.2) is 0 Å². The number of amides is 1. The van der Waals surface area contributed by atoms with E-state index in [1.165, 1.54) is 29.5 Å². The topological polar surface area (TPSA) is 63.5 Å². The van der Waals surface area contributed by atoms with E-state index in [9.17, 15) is 14.9 Å². The molecule has 1 saturated carbocycles. The Morgan fingerprint density at radius 3 is 2.35 bits per heavy atom. The highest BCUT2D eigenvalue weighted by atomic mass is 32.2. The summed E-state index contributed by atoms with van der Waals surface area (Å²) in [6.45, 7) is 4.59. The fourth-order valence-corrected chi connectivity index (χ4v) is 3.74. The maximum absolute atomic E-state index is 13.0. The highest BCUT2D eigenvalue weighted by molar-refractivity contribution is 8.00. The molecule has 1 unspecified atom stereocenters. The van der Waals surface area contributed by atoms with Gasteiger partial charge in [-0.3, -0.25) is 14.9 Å². The minimum absolute atomic E-state index is 0.0623. The summed E-state index contributed by atoms with van der Waals surface area (Å²) >= 11 is 1.44. The van der Waals surface area contributed by atoms with Crippen LogP contribution in [-0.4, -0.2) is 27.0 Å². The van der Waals surface area contributed by atoms with Crippen LogP contribution in [0.3, 0.4) is 0 Å². The van der Waals surface area contributed by atoms with Crippen LogP contribution in [0.4, 0.5) is 5.69 Å². The van der Waals surface area contributed by atoms with Gasteiger partial charge in [-0.15, -0.1) is 11.8 Å². The minimum atomic E-state index is -0.417. The zero-order valence-corrected chi connectivity index (χ0v) is 15.7. The molecule has 2 aromatic rings. The van der Waals surface area contributed by atoms with Crippen LogP contribution >= 0.6 is 11.8 Å². The van der Waals surface area contributed by atoms with Gasteiger partial charge in [-0.25, -0.2) is 0 Å². The normalized spacial score (nSPS) is 14.7. The predicted octanol–water partition coefficient (Wildman–Crippen LogP) is 4.58. The number of non-ortho nitro benzene ring substituents is 1. The number of rotatable bonds is 7. The van der Waals surface area contributed by atoms with Crippen LogP contribution in [-0.2, 0) is 11.3 Å². The molecule has 0 bridgehead atoms. The highest BCUT2D eigenvalue weighted by Crippen LogP contribution is 2.32. The van der Waals surface area contributed by atoms with E-state index in [-0.39, 0.29) is 16.8 Å². The Morgan fingerprint density at radius 2 is 1.81 bits per heavy atom. The molecule has 0 heterocycles. The van der Waals surface area contributed by atoms with E-state index < -0.39 is 4.92 Å². The molecule has 2 aromatic carbocycles. The third kappa shape index (κ3) is 4.64. The molecule has 3 rings (SSSR count). The summed E-state index contributed by atoms with van der Waals surface area (Å²) in [6.07, 6.45) is 2.12. The van der Waals surface area contributed by atoms with Gasteiger partial charge < -0.3 is 4.90 Å². The van der Waals surface area contributed by atoms with Crippen molar-refractivity contribution in [2.45, 2.75) is 49.4 Å². The second-order valence-corrected chi connectivity index (χ2v) is 8.11. The SMILES string of the molecule is Cc1ccc(CN(C(=O)C(C)Sc2ccc([N+](=O)[O-])cc2)C2CC2)cc1. The number of hydrogen-bond donors (Lipinski definition) is 0. The first-order chi connectivity index (χ1) is 12.4. The van der Waals surface area contributed by atoms with E-state index in [1.54, 1.807) is 12.1 Å². The lowest BCUT2D eigenvalue weighted by molar-refractivity contribution is -0.384. The van der Waals surface area contributed by atoms with Crippen LogP contribution in [0, 0.1) is 17.0 Å². The van der Waals surface area contributed by atoms with Gasteiger partial charge in [-0.05, 0) is 44.4 Å². The number of benzene rings is 2. The van der Waals surface area contributed by atoms with Gasteiger partial charge in [0.2, 0.25) is 5.91 Å². The molecule has 5 nitrogen and oxygen atoms in total. The predicted molar refractivity (Wildman–Crippen MR) is 103 cm³/mol. The molecule has 6 heteroatoms. The van der Waals surface area contributed by atoms with Crippen LogP contribution in [0.1, 0.15) is 30.9 Å². The number of thioether (sulfide) groups is 1. The van der Waals surface area contributed by atoms with Crippen molar-refractivity contribution in [3.8, 4) is 0 Å². The quantitative estimate of drug-likeness (QED) is 0.407. The molecular formula is C20H22N2O3S. The molecule has 1 fully saturated rings. The van der Waals surface area contributed by atoms with E-state index in [1.807, 2.05) is 11.8 Å². The molecule has 1 atom stereocenters. The summed E-state index contributed by atoms with van der Waals surface area (Å²) < 4.78 is 0. The molecule has 1 aliphatic carbocycles. The number of nitro groups is 1. The monoisotopic (exact) mass is 370 g/mol. The lowest BCUT2D eigenvalue weighted by Gasteiger charge is -2.26. The number of nitrogens with zero attached hydrogens (tertiary/aromatic N) is 2. The van der Waals surface area contributed by atoms with Crippen LogP contribution in [0.25, 0.3) is 0 Å². The zero-order chi connectivity index (χ0) is 18.7. The van der Waals surface area contributed by atoms with Crippen LogP contribution < -0.4 is 0 Å². The van der Waals surface area contributed by atoms with Gasteiger partial charge in [0.05, 0.1) is 10.2 Å². The molecule has 0 saturated heterocycles. The molecule has 1 amide bonds. The molecular weight excluding hydrogens is 348 g/mol. The number of aryl methyl sites for hydroxylation is 1. The summed E-state index contributed by atoms with van der Waals surface area (Å²) in [5, 5.41) is 10.5. The van der Waals surface area contributed by atoms with Crippen molar-refractivity contribution in [1.29, 1.82) is 0 Å². The average molecular weight is 370 g/mol. The Hall–Kier alpha value is -2.34. The summed E-state index contributed by atoms with van der Waals surface area (Å²) in [5.41, 5.74) is 2.41. The highest BCUT2D eigenvalue weighted by Gasteiger charge is 2.34. The van der Waals surface area contributed by atoms with E-state index in [4.69, 9.17) is 0 Å². The largest absolute Gasteiger partial charge is 0.334 e. The first-order valence-corrected chi connectivity index (χ1v) is 9.59. The average Bonchev–Trinajstić information content (AvgIpc) is 3.46. The van der Waals surface area contributed by atoms with Crippen molar-refractivity contribution >= 4 is 23.4 Å². The lowest BCUT2D eigenvalue weighted by Crippen LogP contribution is -2.37. The van der Waals surface area contributed by atoms with Crippen molar-refractivity contribution < 1.29 is 9.72 Å². The minimum Gasteiger partial charge on any atom is -0.334 e. The first kappa shape index (κ1) is 18.5. The van der Waals surface area contributed by atoms with Crippen LogP contribution in [0.15, 0.2) is 53.4 Å². The van der Waals surface area contributed by atoms with Gasteiger partial charge >= 0.3 is 0 Å². The molecule has 0 radical (unpaired) electrons. The number of nitro benzene ring substituents is 1. The van der Waals surface area contributed by atoms with Gasteiger partial charge in [-0.1, -0.05) is 29.8 Å². The molecule has 136 valence electrons. The molecule has 0 spiro atoms. The van der Waals surface area contributed by atoms with E-state index >= 15 is 0 Å². The third-order valence-electron chi connectivity index (χ3n) is 4.45. The van der Waals surface area contributed by atoms with Gasteiger partial charge in [0, 0.05) is 29.6 Å². The number of hydrogen-bond acceptors (Lipinski definition) is 4. The fourth-order valence-electron chi connectivity index (χ4n) is 2.80. The number of carbonyl (C=O) groups is 1. The van der Waals surface area contributed by atoms with Crippen molar-refractivity contribution in [1.82, 2.24) is 4.90 Å². The second kappa shape index (κ2) is 7.91. The molecule has 26 heavy (non-hydrogen) atoms. The van der Waals surface area contributed by atoms with Crippen molar-refractivity contribution in [3.63, 3.8) is 0 Å². The van der Waals surface area contributed by atoms with Crippen molar-refractivity contribution in [2.24, 2.45) is 0 Å². The fraction of sp³-hybridized carbons (Fsp3) is 0.350. The zero-order valence-electron chi connectivity index (χ0n) is 14.9. The smallest absolute Gasteiger partial charge is 0.269 e. The summed E-state index contributed by atoms with van der Waals surface area (Å²) in [6, 6.07) is 15.0. The van der Waals surface area contributed by atoms with Gasteiger partial charge in [-0.2, -0.15) is 0 Å². The van der Waals surface area contributed by atoms with Crippen LogP contribution in [0.5, 0.6) is 0 Å². The standard InChI is InChI=1S/C20H22N2O3S/c1-14-3-5-16(6-4-14)13-21(17-7-8-17)20(23)15(2)26-19-11-9-18(10-12-19)22(24)25/h3-6,9-12,15,17H,7-8,13H2,1-2H3. The molecule has 1 aliphatic rings. The molecule has 0 N–H and O–H groups in total. The first-order valence-electron chi connectivity index (χ1n) is 8.71. The second-order valence-electron chi connectivity index (χ2n) is 6.69. The number of carbonyl (C=O) groups excluding carboxylic acids is 1. The summed E-state index contributed by atoms with van der Waals surface area (Å²) in [4.78, 5) is 26.1. The maximum atomic E-state index is 13.0. The lowest BCUT2D eigenvalue weighted by atomic mass is 10.1. The van der Waals surface area contributed by atoms with Gasteiger partial charge in [0.1, 0.15) is 0 Å². The van der Waals surface area contributed by atoms with Crippen molar-refractivity contribution in [2.75, 3.05) is 0 Å². The maximum Gasteiger partial charge on any atom is 0.269 e. The third-order valence-corrected chi connectivity index (χ3v) is 5.55. The Kier molecular flexibility index (Phi) is 5.61. The Morgan fingerprint density at radius 1 is 1.19 bits per heavy atom. The molecule has 0 aromatic heterocycles. The van der Waals surface area contributed by atoms with Gasteiger partial charge in [0.25, 0.3) is 5.69 Å². The van der Waals surface area contributed by atoms with E-state index in [2.05, 4.69) is 31.2 Å². The Labute approximate surface area is 157 Å². The van der Waals surface area contributed by atoms with E-state index in [0.29, 0.717) is 12.6 Å². The Bertz CT molecular complexity index is 786. The van der Waals surface area contributed by atoms with Crippen molar-refractivity contribution in [3.05, 3.63) is 69.8 Å². The van der Waals surface area contributed by atoms with E-state index in [0.717, 1.165) is 23.3 Å². The molecule has 0 aliphatic heterocycles. The van der Waals surface area contributed by atoms with Crippen LogP contribution in [0.2, 0.25) is 0 Å². The summed E-state index contributed by atoms with van der Waals surface area (Å²) in [5.74, 6) is 0.122.